The van der Waals surface area contributed by atoms with Gasteiger partial charge in [0, 0.05) is 31.5 Å². The second-order valence-electron chi connectivity index (χ2n) is 4.52. The van der Waals surface area contributed by atoms with Gasteiger partial charge in [-0.15, -0.1) is 0 Å². The quantitative estimate of drug-likeness (QED) is 0.816. The van der Waals surface area contributed by atoms with Crippen LogP contribution in [0.2, 0.25) is 0 Å². The van der Waals surface area contributed by atoms with E-state index in [4.69, 9.17) is 0 Å². The van der Waals surface area contributed by atoms with Crippen molar-refractivity contribution in [3.05, 3.63) is 24.3 Å². The van der Waals surface area contributed by atoms with Gasteiger partial charge in [0.2, 0.25) is 5.91 Å². The SMILES string of the molecule is CC(C)NC(=O)CNc1cccc(N(C)C)c1. The largest absolute Gasteiger partial charge is 0.378 e. The Labute approximate surface area is 103 Å². The van der Waals surface area contributed by atoms with Crippen LogP contribution in [0.25, 0.3) is 0 Å². The van der Waals surface area contributed by atoms with Gasteiger partial charge in [-0.05, 0) is 32.0 Å². The summed E-state index contributed by atoms with van der Waals surface area (Å²) in [6, 6.07) is 8.15. The van der Waals surface area contributed by atoms with Gasteiger partial charge >= 0.3 is 0 Å². The van der Waals surface area contributed by atoms with Crippen LogP contribution in [0.5, 0.6) is 0 Å². The monoisotopic (exact) mass is 235 g/mol. The highest BCUT2D eigenvalue weighted by atomic mass is 16.1. The van der Waals surface area contributed by atoms with Crippen LogP contribution in [0, 0.1) is 0 Å². The number of nitrogens with one attached hydrogen (secondary N) is 2. The van der Waals surface area contributed by atoms with Crippen LogP contribution in [0.1, 0.15) is 13.8 Å². The lowest BCUT2D eigenvalue weighted by Crippen LogP contribution is -2.34. The number of anilines is 2. The van der Waals surface area contributed by atoms with Gasteiger partial charge in [-0.1, -0.05) is 6.07 Å². The molecule has 0 fully saturated rings. The van der Waals surface area contributed by atoms with Crippen molar-refractivity contribution >= 4 is 17.3 Å². The fourth-order valence-electron chi connectivity index (χ4n) is 1.45. The maximum Gasteiger partial charge on any atom is 0.239 e. The molecule has 0 bridgehead atoms. The molecule has 1 aromatic rings. The number of hydrogen-bond donors (Lipinski definition) is 2. The molecule has 94 valence electrons. The lowest BCUT2D eigenvalue weighted by atomic mass is 10.2. The molecule has 0 aliphatic heterocycles. The van der Waals surface area contributed by atoms with Crippen LogP contribution in [-0.4, -0.2) is 32.6 Å². The van der Waals surface area contributed by atoms with Crippen molar-refractivity contribution in [2.45, 2.75) is 19.9 Å². The second-order valence-corrected chi connectivity index (χ2v) is 4.52. The summed E-state index contributed by atoms with van der Waals surface area (Å²) < 4.78 is 0. The molecule has 0 atom stereocenters. The second kappa shape index (κ2) is 6.13. The van der Waals surface area contributed by atoms with Crippen molar-refractivity contribution < 1.29 is 4.79 Å². The Kier molecular flexibility index (Phi) is 4.82. The first-order valence-electron chi connectivity index (χ1n) is 5.79. The fraction of sp³-hybridized carbons (Fsp3) is 0.462. The third-order valence-electron chi connectivity index (χ3n) is 2.27. The van der Waals surface area contributed by atoms with E-state index in [1.165, 1.54) is 0 Å². The minimum absolute atomic E-state index is 0.00950. The molecule has 2 N–H and O–H groups in total. The molecule has 1 rings (SSSR count). The summed E-state index contributed by atoms with van der Waals surface area (Å²) in [7, 11) is 3.98. The number of carbonyl (C=O) groups excluding carboxylic acids is 1. The maximum absolute atomic E-state index is 11.5. The first kappa shape index (κ1) is 13.4. The molecular formula is C13H21N3O. The molecule has 17 heavy (non-hydrogen) atoms. The van der Waals surface area contributed by atoms with Gasteiger partial charge in [0.1, 0.15) is 0 Å². The Morgan fingerprint density at radius 2 is 2.06 bits per heavy atom. The first-order valence-corrected chi connectivity index (χ1v) is 5.79. The number of hydrogen-bond acceptors (Lipinski definition) is 3. The lowest BCUT2D eigenvalue weighted by molar-refractivity contribution is -0.119. The van der Waals surface area contributed by atoms with Gasteiger partial charge in [0.25, 0.3) is 0 Å². The Balaban J connectivity index is 2.52. The zero-order chi connectivity index (χ0) is 12.8. The lowest BCUT2D eigenvalue weighted by Gasteiger charge is -2.14. The van der Waals surface area contributed by atoms with Gasteiger partial charge in [0.05, 0.1) is 6.54 Å². The average molecular weight is 235 g/mol. The standard InChI is InChI=1S/C13H21N3O/c1-10(2)15-13(17)9-14-11-6-5-7-12(8-11)16(3)4/h5-8,10,14H,9H2,1-4H3,(H,15,17). The van der Waals surface area contributed by atoms with E-state index in [2.05, 4.69) is 10.6 Å². The molecule has 0 aromatic heterocycles. The van der Waals surface area contributed by atoms with Crippen molar-refractivity contribution in [3.63, 3.8) is 0 Å². The van der Waals surface area contributed by atoms with Gasteiger partial charge < -0.3 is 15.5 Å². The Bertz CT molecular complexity index is 375. The minimum Gasteiger partial charge on any atom is -0.378 e. The van der Waals surface area contributed by atoms with Crippen molar-refractivity contribution in [1.29, 1.82) is 0 Å². The predicted octanol–water partition coefficient (Wildman–Crippen LogP) is 1.69. The van der Waals surface area contributed by atoms with Crippen molar-refractivity contribution in [3.8, 4) is 0 Å². The molecule has 0 radical (unpaired) electrons. The summed E-state index contributed by atoms with van der Waals surface area (Å²) in [5.74, 6) is 0.00950. The number of amides is 1. The van der Waals surface area contributed by atoms with Crippen molar-refractivity contribution in [2.24, 2.45) is 0 Å². The zero-order valence-corrected chi connectivity index (χ0v) is 10.9. The molecule has 0 aliphatic rings. The van der Waals surface area contributed by atoms with Gasteiger partial charge in [0.15, 0.2) is 0 Å². The molecule has 4 heteroatoms. The summed E-state index contributed by atoms with van der Waals surface area (Å²) in [5.41, 5.74) is 2.06. The van der Waals surface area contributed by atoms with E-state index in [0.717, 1.165) is 11.4 Å². The Morgan fingerprint density at radius 3 is 2.65 bits per heavy atom. The Morgan fingerprint density at radius 1 is 1.35 bits per heavy atom. The molecule has 0 heterocycles. The molecule has 0 unspecified atom stereocenters. The summed E-state index contributed by atoms with van der Waals surface area (Å²) in [6.07, 6.45) is 0. The van der Waals surface area contributed by atoms with Crippen LogP contribution in [-0.2, 0) is 4.79 Å². The summed E-state index contributed by atoms with van der Waals surface area (Å²) in [4.78, 5) is 13.5. The number of rotatable bonds is 5. The summed E-state index contributed by atoms with van der Waals surface area (Å²) in [6.45, 7) is 4.20. The summed E-state index contributed by atoms with van der Waals surface area (Å²) >= 11 is 0. The van der Waals surface area contributed by atoms with Gasteiger partial charge in [-0.2, -0.15) is 0 Å². The first-order chi connectivity index (χ1) is 7.99. The van der Waals surface area contributed by atoms with Crippen LogP contribution in [0.15, 0.2) is 24.3 Å². The van der Waals surface area contributed by atoms with Crippen LogP contribution >= 0.6 is 0 Å². The highest BCUT2D eigenvalue weighted by molar-refractivity contribution is 5.81. The van der Waals surface area contributed by atoms with Gasteiger partial charge in [-0.3, -0.25) is 4.79 Å². The molecule has 1 aromatic carbocycles. The molecule has 0 spiro atoms. The van der Waals surface area contributed by atoms with Crippen molar-refractivity contribution in [1.82, 2.24) is 5.32 Å². The van der Waals surface area contributed by atoms with E-state index >= 15 is 0 Å². The van der Waals surface area contributed by atoms with E-state index in [1.807, 2.05) is 57.1 Å². The highest BCUT2D eigenvalue weighted by Gasteiger charge is 2.03. The van der Waals surface area contributed by atoms with E-state index < -0.39 is 0 Å². The van der Waals surface area contributed by atoms with E-state index in [1.54, 1.807) is 0 Å². The predicted molar refractivity (Wildman–Crippen MR) is 72.5 cm³/mol. The topological polar surface area (TPSA) is 44.4 Å². The molecule has 1 amide bonds. The smallest absolute Gasteiger partial charge is 0.239 e. The maximum atomic E-state index is 11.5. The van der Waals surface area contributed by atoms with E-state index in [9.17, 15) is 4.79 Å². The van der Waals surface area contributed by atoms with Crippen LogP contribution in [0.4, 0.5) is 11.4 Å². The molecule has 0 saturated heterocycles. The minimum atomic E-state index is 0.00950. The molecule has 0 aliphatic carbocycles. The third-order valence-corrected chi connectivity index (χ3v) is 2.27. The molecule has 0 saturated carbocycles. The number of benzene rings is 1. The highest BCUT2D eigenvalue weighted by Crippen LogP contribution is 2.16. The van der Waals surface area contributed by atoms with Gasteiger partial charge in [-0.25, -0.2) is 0 Å². The van der Waals surface area contributed by atoms with Crippen molar-refractivity contribution in [2.75, 3.05) is 30.9 Å². The number of nitrogens with zero attached hydrogens (tertiary/aromatic N) is 1. The average Bonchev–Trinajstić information content (AvgIpc) is 2.26. The zero-order valence-electron chi connectivity index (χ0n) is 10.9. The van der Waals surface area contributed by atoms with E-state index in [-0.39, 0.29) is 11.9 Å². The van der Waals surface area contributed by atoms with Crippen LogP contribution < -0.4 is 15.5 Å². The van der Waals surface area contributed by atoms with Crippen LogP contribution in [0.3, 0.4) is 0 Å². The Hall–Kier alpha value is -1.71. The third kappa shape index (κ3) is 4.76. The summed E-state index contributed by atoms with van der Waals surface area (Å²) in [5, 5.41) is 5.94. The normalized spacial score (nSPS) is 10.2. The fourth-order valence-corrected chi connectivity index (χ4v) is 1.45. The number of carbonyl (C=O) groups is 1. The van der Waals surface area contributed by atoms with E-state index in [0.29, 0.717) is 6.54 Å². The molecular weight excluding hydrogens is 214 g/mol. The molecule has 4 nitrogen and oxygen atoms in total.